The van der Waals surface area contributed by atoms with Crippen molar-refractivity contribution in [3.63, 3.8) is 0 Å². The largest absolute Gasteiger partial charge is 0.264 e. The van der Waals surface area contributed by atoms with E-state index in [1.807, 2.05) is 84.5 Å². The molecule has 0 bridgehead atoms. The zero-order valence-corrected chi connectivity index (χ0v) is 12.6. The normalized spacial score (nSPS) is 13.6. The standard InChI is InChI=1S/C19H21N2/c1-14-10-8-9-13-19(14)21-16(3)15(2)20(17(21)4)18-11-6-5-7-12-18/h5-13H,1-4H3/q+1/i4D3. The maximum atomic E-state index is 8.13. The van der Waals surface area contributed by atoms with Crippen molar-refractivity contribution >= 4 is 0 Å². The molecule has 0 saturated heterocycles. The summed E-state index contributed by atoms with van der Waals surface area (Å²) in [7, 11) is 0. The molecule has 21 heavy (non-hydrogen) atoms. The first kappa shape index (κ1) is 10.4. The molecule has 0 fully saturated rings. The number of nitrogens with zero attached hydrogens (tertiary/aromatic N) is 2. The molecule has 0 atom stereocenters. The number of aryl methyl sites for hydroxylation is 1. The fourth-order valence-electron chi connectivity index (χ4n) is 2.74. The van der Waals surface area contributed by atoms with Gasteiger partial charge in [-0.15, -0.1) is 0 Å². The fraction of sp³-hybridized carbons (Fsp3) is 0.211. The molecule has 3 rings (SSSR count). The minimum atomic E-state index is -2.24. The van der Waals surface area contributed by atoms with Gasteiger partial charge in [0.15, 0.2) is 0 Å². The lowest BCUT2D eigenvalue weighted by atomic mass is 10.2. The molecule has 0 amide bonds. The van der Waals surface area contributed by atoms with Crippen LogP contribution < -0.4 is 4.57 Å². The topological polar surface area (TPSA) is 8.81 Å². The van der Waals surface area contributed by atoms with Gasteiger partial charge in [-0.25, -0.2) is 0 Å². The average molecular weight is 280 g/mol. The van der Waals surface area contributed by atoms with Crippen LogP contribution in [0.1, 0.15) is 26.9 Å². The van der Waals surface area contributed by atoms with E-state index in [1.165, 1.54) is 0 Å². The van der Waals surface area contributed by atoms with Crippen molar-refractivity contribution in [3.05, 3.63) is 77.4 Å². The molecule has 0 aliphatic rings. The zero-order valence-electron chi connectivity index (χ0n) is 15.6. The Morgan fingerprint density at radius 2 is 1.57 bits per heavy atom. The molecule has 0 aliphatic heterocycles. The van der Waals surface area contributed by atoms with E-state index < -0.39 is 6.85 Å². The minimum Gasteiger partial charge on any atom is -0.197 e. The quantitative estimate of drug-likeness (QED) is 0.628. The van der Waals surface area contributed by atoms with Gasteiger partial charge in [-0.2, -0.15) is 9.13 Å². The molecular weight excluding hydrogens is 256 g/mol. The third-order valence-corrected chi connectivity index (χ3v) is 3.99. The van der Waals surface area contributed by atoms with E-state index in [-0.39, 0.29) is 0 Å². The maximum absolute atomic E-state index is 8.13. The summed E-state index contributed by atoms with van der Waals surface area (Å²) in [6, 6.07) is 17.5. The molecule has 2 heteroatoms. The van der Waals surface area contributed by atoms with Crippen LogP contribution >= 0.6 is 0 Å². The van der Waals surface area contributed by atoms with E-state index in [0.29, 0.717) is 5.82 Å². The van der Waals surface area contributed by atoms with Crippen LogP contribution in [0, 0.1) is 27.6 Å². The average Bonchev–Trinajstić information content (AvgIpc) is 2.81. The van der Waals surface area contributed by atoms with Gasteiger partial charge in [0, 0.05) is 24.8 Å². The van der Waals surface area contributed by atoms with Crippen LogP contribution in [-0.4, -0.2) is 4.57 Å². The Bertz CT molecular complexity index is 878. The summed E-state index contributed by atoms with van der Waals surface area (Å²) in [5.41, 5.74) is 4.66. The van der Waals surface area contributed by atoms with Crippen LogP contribution in [0.5, 0.6) is 0 Å². The van der Waals surface area contributed by atoms with Gasteiger partial charge < -0.3 is 0 Å². The van der Waals surface area contributed by atoms with Crippen LogP contribution in [0.4, 0.5) is 0 Å². The van der Waals surface area contributed by atoms with Crippen molar-refractivity contribution in [2.45, 2.75) is 27.6 Å². The summed E-state index contributed by atoms with van der Waals surface area (Å²) in [4.78, 5) is 0. The maximum Gasteiger partial charge on any atom is 0.264 e. The first-order valence-electron chi connectivity index (χ1n) is 8.58. The molecular formula is C19H21N2+. The van der Waals surface area contributed by atoms with Gasteiger partial charge in [0.1, 0.15) is 22.8 Å². The third-order valence-electron chi connectivity index (χ3n) is 3.99. The summed E-state index contributed by atoms with van der Waals surface area (Å²) in [6.45, 7) is 3.69. The number of hydrogen-bond acceptors (Lipinski definition) is 0. The second-order valence-electron chi connectivity index (χ2n) is 5.29. The summed E-state index contributed by atoms with van der Waals surface area (Å²) in [5, 5.41) is 0. The van der Waals surface area contributed by atoms with Gasteiger partial charge in [-0.1, -0.05) is 36.4 Å². The Morgan fingerprint density at radius 3 is 2.24 bits per heavy atom. The van der Waals surface area contributed by atoms with Crippen LogP contribution in [0.25, 0.3) is 11.4 Å². The summed E-state index contributed by atoms with van der Waals surface area (Å²) < 4.78 is 28.1. The SMILES string of the molecule is [2H]C([2H])([2H])c1n(-c2ccccc2)c(C)c(C)[n+]1-c1ccccc1C. The van der Waals surface area contributed by atoms with Crippen molar-refractivity contribution in [2.75, 3.05) is 0 Å². The van der Waals surface area contributed by atoms with Gasteiger partial charge in [0.25, 0.3) is 5.82 Å². The molecule has 1 heterocycles. The lowest BCUT2D eigenvalue weighted by Crippen LogP contribution is -2.36. The predicted molar refractivity (Wildman–Crippen MR) is 86.2 cm³/mol. The highest BCUT2D eigenvalue weighted by molar-refractivity contribution is 5.38. The lowest BCUT2D eigenvalue weighted by molar-refractivity contribution is -0.609. The Morgan fingerprint density at radius 1 is 0.905 bits per heavy atom. The highest BCUT2D eigenvalue weighted by Gasteiger charge is 2.25. The van der Waals surface area contributed by atoms with Gasteiger partial charge in [-0.3, -0.25) is 0 Å². The van der Waals surface area contributed by atoms with E-state index in [2.05, 4.69) is 0 Å². The van der Waals surface area contributed by atoms with Gasteiger partial charge >= 0.3 is 0 Å². The Labute approximate surface area is 130 Å². The Balaban J connectivity index is 2.42. The molecule has 106 valence electrons. The first-order valence-corrected chi connectivity index (χ1v) is 7.08. The number of benzene rings is 2. The predicted octanol–water partition coefficient (Wildman–Crippen LogP) is 3.99. The van der Waals surface area contributed by atoms with E-state index in [0.717, 1.165) is 28.3 Å². The molecule has 0 spiro atoms. The molecule has 2 nitrogen and oxygen atoms in total. The molecule has 0 N–H and O–H groups in total. The molecule has 1 aromatic heterocycles. The van der Waals surface area contributed by atoms with E-state index in [1.54, 1.807) is 0 Å². The number of para-hydroxylation sites is 2. The van der Waals surface area contributed by atoms with Gasteiger partial charge in [0.05, 0.1) is 0 Å². The number of aromatic nitrogens is 2. The highest BCUT2D eigenvalue weighted by atomic mass is 15.2. The minimum absolute atomic E-state index is 0.304. The van der Waals surface area contributed by atoms with Gasteiger partial charge in [-0.05, 0) is 30.7 Å². The number of imidazole rings is 1. The van der Waals surface area contributed by atoms with Crippen LogP contribution in [0.15, 0.2) is 54.6 Å². The molecule has 2 aromatic carbocycles. The van der Waals surface area contributed by atoms with Gasteiger partial charge in [0.2, 0.25) is 0 Å². The third kappa shape index (κ3) is 2.17. The van der Waals surface area contributed by atoms with Crippen molar-refractivity contribution in [1.82, 2.24) is 4.57 Å². The van der Waals surface area contributed by atoms with Crippen molar-refractivity contribution < 1.29 is 8.68 Å². The summed E-state index contributed by atoms with van der Waals surface area (Å²) >= 11 is 0. The van der Waals surface area contributed by atoms with Crippen LogP contribution in [0.2, 0.25) is 0 Å². The van der Waals surface area contributed by atoms with Crippen molar-refractivity contribution in [2.24, 2.45) is 0 Å². The zero-order chi connectivity index (χ0) is 17.5. The molecule has 0 aliphatic carbocycles. The number of rotatable bonds is 2. The van der Waals surface area contributed by atoms with Crippen LogP contribution in [0.3, 0.4) is 0 Å². The Kier molecular flexibility index (Phi) is 2.58. The lowest BCUT2D eigenvalue weighted by Gasteiger charge is -2.04. The molecule has 0 unspecified atom stereocenters. The first-order chi connectivity index (χ1) is 11.3. The fourth-order valence-corrected chi connectivity index (χ4v) is 2.74. The van der Waals surface area contributed by atoms with E-state index in [9.17, 15) is 0 Å². The van der Waals surface area contributed by atoms with Crippen molar-refractivity contribution in [3.8, 4) is 11.4 Å². The summed E-state index contributed by atoms with van der Waals surface area (Å²) in [6.07, 6.45) is 0. The van der Waals surface area contributed by atoms with E-state index in [4.69, 9.17) is 4.11 Å². The van der Waals surface area contributed by atoms with E-state index >= 15 is 0 Å². The highest BCUT2D eigenvalue weighted by Crippen LogP contribution is 2.19. The van der Waals surface area contributed by atoms with Crippen molar-refractivity contribution in [1.29, 1.82) is 0 Å². The molecule has 3 aromatic rings. The van der Waals surface area contributed by atoms with Crippen LogP contribution in [-0.2, 0) is 0 Å². The molecule has 0 radical (unpaired) electrons. The summed E-state index contributed by atoms with van der Waals surface area (Å²) in [5.74, 6) is 0.304. The molecule has 0 saturated carbocycles. The number of hydrogen-bond donors (Lipinski definition) is 0. The Hall–Kier alpha value is -2.35. The second-order valence-corrected chi connectivity index (χ2v) is 5.29. The monoisotopic (exact) mass is 280 g/mol. The smallest absolute Gasteiger partial charge is 0.197 e. The second kappa shape index (κ2) is 5.21.